The first-order valence-corrected chi connectivity index (χ1v) is 6.92. The number of anilines is 1. The Labute approximate surface area is 131 Å². The number of rotatable bonds is 2. The number of amides is 3. The second-order valence-electron chi connectivity index (χ2n) is 4.74. The Kier molecular flexibility index (Phi) is 3.42. The third-order valence-corrected chi connectivity index (χ3v) is 3.79. The first kappa shape index (κ1) is 14.3. The number of imide groups is 1. The number of nitrogens with one attached hydrogen (secondary N) is 1. The second-order valence-corrected chi connectivity index (χ2v) is 5.14. The van der Waals surface area contributed by atoms with Crippen molar-refractivity contribution in [2.24, 2.45) is 0 Å². The predicted octanol–water partition coefficient (Wildman–Crippen LogP) is 2.50. The van der Waals surface area contributed by atoms with Crippen molar-refractivity contribution in [2.75, 3.05) is 11.9 Å². The van der Waals surface area contributed by atoms with Crippen LogP contribution in [-0.2, 0) is 0 Å². The van der Waals surface area contributed by atoms with Crippen LogP contribution in [0.2, 0.25) is 5.02 Å². The Morgan fingerprint density at radius 3 is 2.18 bits per heavy atom. The lowest BCUT2D eigenvalue weighted by Gasteiger charge is -2.16. The van der Waals surface area contributed by atoms with E-state index in [0.29, 0.717) is 16.7 Å². The van der Waals surface area contributed by atoms with Crippen LogP contribution in [0.5, 0.6) is 0 Å². The standard InChI is InChI=1S/C16H11ClN2O3/c1-18-14(20)9-6-7-12(17)13(8-9)19-15(21)10-4-2-3-5-11(10)16(19)22/h2-8H,1H3,(H,18,20). The highest BCUT2D eigenvalue weighted by molar-refractivity contribution is 6.40. The van der Waals surface area contributed by atoms with Gasteiger partial charge < -0.3 is 5.32 Å². The SMILES string of the molecule is CNC(=O)c1ccc(Cl)c(N2C(=O)c3ccccc3C2=O)c1. The molecule has 2 aromatic rings. The molecule has 0 radical (unpaired) electrons. The van der Waals surface area contributed by atoms with Crippen LogP contribution in [0.15, 0.2) is 42.5 Å². The largest absolute Gasteiger partial charge is 0.355 e. The Bertz CT molecular complexity index is 782. The highest BCUT2D eigenvalue weighted by Gasteiger charge is 2.37. The van der Waals surface area contributed by atoms with Gasteiger partial charge in [0.1, 0.15) is 0 Å². The molecule has 1 aliphatic rings. The van der Waals surface area contributed by atoms with Crippen molar-refractivity contribution in [2.45, 2.75) is 0 Å². The summed E-state index contributed by atoms with van der Waals surface area (Å²) in [7, 11) is 1.50. The summed E-state index contributed by atoms with van der Waals surface area (Å²) in [4.78, 5) is 37.6. The highest BCUT2D eigenvalue weighted by atomic mass is 35.5. The highest BCUT2D eigenvalue weighted by Crippen LogP contribution is 2.33. The molecule has 22 heavy (non-hydrogen) atoms. The minimum atomic E-state index is -0.448. The number of nitrogens with zero attached hydrogens (tertiary/aromatic N) is 1. The number of fused-ring (bicyclic) bond motifs is 1. The van der Waals surface area contributed by atoms with E-state index in [1.165, 1.54) is 25.2 Å². The van der Waals surface area contributed by atoms with Crippen molar-refractivity contribution >= 4 is 35.0 Å². The van der Waals surface area contributed by atoms with Crippen LogP contribution in [0.25, 0.3) is 0 Å². The molecule has 5 nitrogen and oxygen atoms in total. The van der Waals surface area contributed by atoms with Crippen LogP contribution in [0, 0.1) is 0 Å². The molecule has 0 saturated carbocycles. The lowest BCUT2D eigenvalue weighted by atomic mass is 10.1. The maximum atomic E-state index is 12.5. The van der Waals surface area contributed by atoms with Gasteiger partial charge in [0.25, 0.3) is 17.7 Å². The zero-order chi connectivity index (χ0) is 15.9. The first-order chi connectivity index (χ1) is 10.5. The van der Waals surface area contributed by atoms with E-state index >= 15 is 0 Å². The van der Waals surface area contributed by atoms with Gasteiger partial charge in [0, 0.05) is 12.6 Å². The van der Waals surface area contributed by atoms with E-state index in [0.717, 1.165) is 4.90 Å². The normalized spacial score (nSPS) is 13.3. The molecule has 0 aliphatic carbocycles. The molecule has 3 rings (SSSR count). The Hall–Kier alpha value is -2.66. The van der Waals surface area contributed by atoms with Crippen molar-refractivity contribution < 1.29 is 14.4 Å². The van der Waals surface area contributed by atoms with Crippen LogP contribution in [-0.4, -0.2) is 24.8 Å². The predicted molar refractivity (Wildman–Crippen MR) is 82.4 cm³/mol. The molecule has 1 N–H and O–H groups in total. The number of carbonyl (C=O) groups excluding carboxylic acids is 3. The van der Waals surface area contributed by atoms with E-state index in [1.807, 2.05) is 0 Å². The molecule has 0 spiro atoms. The van der Waals surface area contributed by atoms with Crippen molar-refractivity contribution in [3.63, 3.8) is 0 Å². The van der Waals surface area contributed by atoms with Gasteiger partial charge in [-0.05, 0) is 30.3 Å². The molecular formula is C16H11ClN2O3. The fourth-order valence-corrected chi connectivity index (χ4v) is 2.58. The molecule has 110 valence electrons. The lowest BCUT2D eigenvalue weighted by Crippen LogP contribution is -2.30. The van der Waals surface area contributed by atoms with Gasteiger partial charge in [-0.1, -0.05) is 23.7 Å². The molecule has 0 atom stereocenters. The first-order valence-electron chi connectivity index (χ1n) is 6.54. The Balaban J connectivity index is 2.11. The second kappa shape index (κ2) is 5.27. The number of hydrogen-bond acceptors (Lipinski definition) is 3. The summed E-state index contributed by atoms with van der Waals surface area (Å²) in [5, 5.41) is 2.71. The number of benzene rings is 2. The summed E-state index contributed by atoms with van der Waals surface area (Å²) in [6.45, 7) is 0. The van der Waals surface area contributed by atoms with Crippen LogP contribution in [0.3, 0.4) is 0 Å². The molecule has 0 unspecified atom stereocenters. The Morgan fingerprint density at radius 1 is 1.05 bits per heavy atom. The molecule has 0 aromatic heterocycles. The molecule has 6 heteroatoms. The molecule has 3 amide bonds. The quantitative estimate of drug-likeness (QED) is 0.866. The minimum Gasteiger partial charge on any atom is -0.355 e. The molecule has 0 fully saturated rings. The summed E-state index contributed by atoms with van der Waals surface area (Å²) in [5.41, 5.74) is 1.18. The van der Waals surface area contributed by atoms with E-state index in [2.05, 4.69) is 5.32 Å². The van der Waals surface area contributed by atoms with Gasteiger partial charge in [-0.3, -0.25) is 14.4 Å². The minimum absolute atomic E-state index is 0.203. The summed E-state index contributed by atoms with van der Waals surface area (Å²) in [5.74, 6) is -1.22. The number of hydrogen-bond donors (Lipinski definition) is 1. The molecule has 0 saturated heterocycles. The van der Waals surface area contributed by atoms with Gasteiger partial charge in [0.15, 0.2) is 0 Å². The summed E-state index contributed by atoms with van der Waals surface area (Å²) in [6.07, 6.45) is 0. The number of halogens is 1. The van der Waals surface area contributed by atoms with Gasteiger partial charge in [-0.15, -0.1) is 0 Å². The zero-order valence-corrected chi connectivity index (χ0v) is 12.3. The van der Waals surface area contributed by atoms with Crippen LogP contribution in [0.1, 0.15) is 31.1 Å². The van der Waals surface area contributed by atoms with E-state index in [-0.39, 0.29) is 16.6 Å². The number of carbonyl (C=O) groups is 3. The van der Waals surface area contributed by atoms with Gasteiger partial charge in [-0.25, -0.2) is 4.90 Å². The molecule has 2 aromatic carbocycles. The van der Waals surface area contributed by atoms with Crippen molar-refractivity contribution in [1.82, 2.24) is 5.32 Å². The summed E-state index contributed by atoms with van der Waals surface area (Å²) in [6, 6.07) is 11.0. The lowest BCUT2D eigenvalue weighted by molar-refractivity contribution is 0.0921. The maximum Gasteiger partial charge on any atom is 0.266 e. The molecule has 0 bridgehead atoms. The van der Waals surface area contributed by atoms with Crippen LogP contribution >= 0.6 is 11.6 Å². The average Bonchev–Trinajstić information content (AvgIpc) is 2.79. The maximum absolute atomic E-state index is 12.5. The van der Waals surface area contributed by atoms with Crippen molar-refractivity contribution in [3.05, 3.63) is 64.2 Å². The van der Waals surface area contributed by atoms with E-state index < -0.39 is 11.8 Å². The fraction of sp³-hybridized carbons (Fsp3) is 0.0625. The summed E-state index contributed by atoms with van der Waals surface area (Å²) < 4.78 is 0. The average molecular weight is 315 g/mol. The molecule has 1 heterocycles. The van der Waals surface area contributed by atoms with E-state index in [9.17, 15) is 14.4 Å². The van der Waals surface area contributed by atoms with Gasteiger partial charge in [0.05, 0.1) is 21.8 Å². The van der Waals surface area contributed by atoms with E-state index in [4.69, 9.17) is 11.6 Å². The van der Waals surface area contributed by atoms with Gasteiger partial charge >= 0.3 is 0 Å². The molecule has 1 aliphatic heterocycles. The van der Waals surface area contributed by atoms with Gasteiger partial charge in [0.2, 0.25) is 0 Å². The van der Waals surface area contributed by atoms with E-state index in [1.54, 1.807) is 24.3 Å². The van der Waals surface area contributed by atoms with Crippen LogP contribution in [0.4, 0.5) is 5.69 Å². The summed E-state index contributed by atoms with van der Waals surface area (Å²) >= 11 is 6.12. The Morgan fingerprint density at radius 2 is 1.64 bits per heavy atom. The van der Waals surface area contributed by atoms with Gasteiger partial charge in [-0.2, -0.15) is 0 Å². The topological polar surface area (TPSA) is 66.5 Å². The van der Waals surface area contributed by atoms with Crippen molar-refractivity contribution in [1.29, 1.82) is 0 Å². The monoisotopic (exact) mass is 314 g/mol. The fourth-order valence-electron chi connectivity index (χ4n) is 2.38. The van der Waals surface area contributed by atoms with Crippen molar-refractivity contribution in [3.8, 4) is 0 Å². The molecular weight excluding hydrogens is 304 g/mol. The third-order valence-electron chi connectivity index (χ3n) is 3.47. The van der Waals surface area contributed by atoms with Crippen LogP contribution < -0.4 is 10.2 Å². The zero-order valence-electron chi connectivity index (χ0n) is 11.6. The smallest absolute Gasteiger partial charge is 0.266 e. The third kappa shape index (κ3) is 2.07.